The molecule has 0 aliphatic carbocycles. The van der Waals surface area contributed by atoms with E-state index in [2.05, 4.69) is 10.1 Å². The van der Waals surface area contributed by atoms with Crippen LogP contribution in [-0.2, 0) is 4.74 Å². The number of nitrogens with zero attached hydrogens (tertiary/aromatic N) is 1. The van der Waals surface area contributed by atoms with Crippen LogP contribution in [-0.4, -0.2) is 50.5 Å². The molecule has 16 heavy (non-hydrogen) atoms. The molecule has 0 aliphatic rings. The van der Waals surface area contributed by atoms with Crippen LogP contribution in [0.5, 0.6) is 0 Å². The van der Waals surface area contributed by atoms with E-state index >= 15 is 0 Å². The van der Waals surface area contributed by atoms with Gasteiger partial charge in [-0.15, -0.1) is 0 Å². The van der Waals surface area contributed by atoms with Gasteiger partial charge in [-0.05, 0) is 34.0 Å². The van der Waals surface area contributed by atoms with Gasteiger partial charge in [-0.2, -0.15) is 13.2 Å². The van der Waals surface area contributed by atoms with Crippen LogP contribution in [0.1, 0.15) is 13.3 Å². The highest BCUT2D eigenvalue weighted by Crippen LogP contribution is 2.14. The maximum atomic E-state index is 11.7. The summed E-state index contributed by atoms with van der Waals surface area (Å²) in [5.74, 6) is 0. The fourth-order valence-electron chi connectivity index (χ4n) is 0.914. The van der Waals surface area contributed by atoms with E-state index in [4.69, 9.17) is 0 Å². The minimum absolute atomic E-state index is 0.219. The van der Waals surface area contributed by atoms with E-state index in [1.54, 1.807) is 6.92 Å². The molecule has 0 radical (unpaired) electrons. The lowest BCUT2D eigenvalue weighted by Crippen LogP contribution is -2.36. The standard InChI is InChI=1S/C9H17F3N2O2/c1-7(4-5-14(2)3)13-8(15)16-6-9(10,11)12/h7H,4-6H2,1-3H3,(H,13,15). The van der Waals surface area contributed by atoms with Gasteiger partial charge < -0.3 is 15.0 Å². The highest BCUT2D eigenvalue weighted by molar-refractivity contribution is 5.67. The van der Waals surface area contributed by atoms with Crippen molar-refractivity contribution in [3.05, 3.63) is 0 Å². The Balaban J connectivity index is 3.70. The minimum atomic E-state index is -4.48. The van der Waals surface area contributed by atoms with Gasteiger partial charge in [-0.25, -0.2) is 4.79 Å². The van der Waals surface area contributed by atoms with Crippen LogP contribution in [0, 0.1) is 0 Å². The van der Waals surface area contributed by atoms with Crippen molar-refractivity contribution >= 4 is 6.09 Å². The number of hydrogen-bond donors (Lipinski definition) is 1. The van der Waals surface area contributed by atoms with Gasteiger partial charge in [0.15, 0.2) is 6.61 Å². The highest BCUT2D eigenvalue weighted by atomic mass is 19.4. The number of carbonyl (C=O) groups is 1. The zero-order chi connectivity index (χ0) is 12.8. The van der Waals surface area contributed by atoms with Crippen molar-refractivity contribution in [1.82, 2.24) is 10.2 Å². The summed E-state index contributed by atoms with van der Waals surface area (Å²) in [5.41, 5.74) is 0. The van der Waals surface area contributed by atoms with E-state index in [0.717, 1.165) is 6.54 Å². The van der Waals surface area contributed by atoms with Crippen molar-refractivity contribution in [2.24, 2.45) is 0 Å². The van der Waals surface area contributed by atoms with Crippen LogP contribution in [0.4, 0.5) is 18.0 Å². The first-order valence-electron chi connectivity index (χ1n) is 4.85. The number of alkyl carbamates (subject to hydrolysis) is 1. The second-order valence-electron chi connectivity index (χ2n) is 3.83. The third-order valence-corrected chi connectivity index (χ3v) is 1.74. The first-order chi connectivity index (χ1) is 7.20. The lowest BCUT2D eigenvalue weighted by molar-refractivity contribution is -0.160. The molecule has 0 saturated carbocycles. The fraction of sp³-hybridized carbons (Fsp3) is 0.889. The van der Waals surface area contributed by atoms with Crippen LogP contribution >= 0.6 is 0 Å². The molecule has 0 aromatic rings. The normalized spacial score (nSPS) is 13.7. The molecule has 0 rings (SSSR count). The molecular formula is C9H17F3N2O2. The largest absolute Gasteiger partial charge is 0.440 e. The topological polar surface area (TPSA) is 41.6 Å². The van der Waals surface area contributed by atoms with Crippen LogP contribution in [0.2, 0.25) is 0 Å². The second kappa shape index (κ2) is 6.57. The predicted molar refractivity (Wildman–Crippen MR) is 53.2 cm³/mol. The van der Waals surface area contributed by atoms with E-state index < -0.39 is 18.9 Å². The van der Waals surface area contributed by atoms with Gasteiger partial charge in [0.1, 0.15) is 0 Å². The maximum absolute atomic E-state index is 11.7. The summed E-state index contributed by atoms with van der Waals surface area (Å²) in [6, 6.07) is -0.219. The van der Waals surface area contributed by atoms with Gasteiger partial charge in [0, 0.05) is 6.04 Å². The minimum Gasteiger partial charge on any atom is -0.440 e. The Bertz CT molecular complexity index is 219. The van der Waals surface area contributed by atoms with Crippen molar-refractivity contribution < 1.29 is 22.7 Å². The third-order valence-electron chi connectivity index (χ3n) is 1.74. The number of halogens is 3. The fourth-order valence-corrected chi connectivity index (χ4v) is 0.914. The van der Waals surface area contributed by atoms with Crippen LogP contribution in [0.3, 0.4) is 0 Å². The Hall–Kier alpha value is -0.980. The molecule has 0 fully saturated rings. The van der Waals surface area contributed by atoms with E-state index in [-0.39, 0.29) is 6.04 Å². The van der Waals surface area contributed by atoms with Crippen molar-refractivity contribution in [1.29, 1.82) is 0 Å². The lowest BCUT2D eigenvalue weighted by atomic mass is 10.2. The zero-order valence-electron chi connectivity index (χ0n) is 9.60. The number of hydrogen-bond acceptors (Lipinski definition) is 3. The number of ether oxygens (including phenoxy) is 1. The molecule has 1 unspecified atom stereocenters. The van der Waals surface area contributed by atoms with Gasteiger partial charge in [0.05, 0.1) is 0 Å². The monoisotopic (exact) mass is 242 g/mol. The van der Waals surface area contributed by atoms with Gasteiger partial charge in [0.25, 0.3) is 0 Å². The number of amides is 1. The summed E-state index contributed by atoms with van der Waals surface area (Å²) < 4.78 is 39.1. The molecule has 0 heterocycles. The molecule has 1 N–H and O–H groups in total. The first kappa shape index (κ1) is 15.0. The molecule has 1 atom stereocenters. The van der Waals surface area contributed by atoms with Gasteiger partial charge in [-0.1, -0.05) is 0 Å². The molecule has 4 nitrogen and oxygen atoms in total. The second-order valence-corrected chi connectivity index (χ2v) is 3.83. The third kappa shape index (κ3) is 9.57. The molecule has 0 saturated heterocycles. The molecule has 7 heteroatoms. The SMILES string of the molecule is CC(CCN(C)C)NC(=O)OCC(F)(F)F. The number of alkyl halides is 3. The average Bonchev–Trinajstić information content (AvgIpc) is 2.10. The lowest BCUT2D eigenvalue weighted by Gasteiger charge is -2.16. The summed E-state index contributed by atoms with van der Waals surface area (Å²) in [5, 5.41) is 2.32. The van der Waals surface area contributed by atoms with Crippen molar-refractivity contribution in [2.45, 2.75) is 25.6 Å². The smallest absolute Gasteiger partial charge is 0.422 e. The Morgan fingerprint density at radius 2 is 2.00 bits per heavy atom. The first-order valence-corrected chi connectivity index (χ1v) is 4.85. The van der Waals surface area contributed by atoms with Crippen molar-refractivity contribution in [3.8, 4) is 0 Å². The summed E-state index contributed by atoms with van der Waals surface area (Å²) in [6.45, 7) is 0.887. The van der Waals surface area contributed by atoms with Crippen molar-refractivity contribution in [2.75, 3.05) is 27.2 Å². The highest BCUT2D eigenvalue weighted by Gasteiger charge is 2.29. The van der Waals surface area contributed by atoms with E-state index in [0.29, 0.717) is 6.42 Å². The van der Waals surface area contributed by atoms with Crippen molar-refractivity contribution in [3.63, 3.8) is 0 Å². The number of rotatable bonds is 5. The van der Waals surface area contributed by atoms with E-state index in [9.17, 15) is 18.0 Å². The van der Waals surface area contributed by atoms with E-state index in [1.807, 2.05) is 19.0 Å². The quantitative estimate of drug-likeness (QED) is 0.796. The Morgan fingerprint density at radius 1 is 1.44 bits per heavy atom. The van der Waals surface area contributed by atoms with Gasteiger partial charge >= 0.3 is 12.3 Å². The van der Waals surface area contributed by atoms with Gasteiger partial charge in [-0.3, -0.25) is 0 Å². The number of carbonyl (C=O) groups excluding carboxylic acids is 1. The van der Waals surface area contributed by atoms with Gasteiger partial charge in [0.2, 0.25) is 0 Å². The molecule has 96 valence electrons. The summed E-state index contributed by atoms with van der Waals surface area (Å²) >= 11 is 0. The molecule has 1 amide bonds. The molecule has 0 bridgehead atoms. The summed E-state index contributed by atoms with van der Waals surface area (Å²) in [7, 11) is 3.74. The zero-order valence-corrected chi connectivity index (χ0v) is 9.60. The number of nitrogens with one attached hydrogen (secondary N) is 1. The van der Waals surface area contributed by atoms with Crippen LogP contribution < -0.4 is 5.32 Å². The maximum Gasteiger partial charge on any atom is 0.422 e. The molecule has 0 aromatic heterocycles. The van der Waals surface area contributed by atoms with Crippen LogP contribution in [0.15, 0.2) is 0 Å². The molecule has 0 aromatic carbocycles. The molecular weight excluding hydrogens is 225 g/mol. The summed E-state index contributed by atoms with van der Waals surface area (Å²) in [6.07, 6.45) is -4.87. The summed E-state index contributed by atoms with van der Waals surface area (Å²) in [4.78, 5) is 12.8. The van der Waals surface area contributed by atoms with Crippen LogP contribution in [0.25, 0.3) is 0 Å². The molecule has 0 spiro atoms. The Morgan fingerprint density at radius 3 is 2.44 bits per heavy atom. The average molecular weight is 242 g/mol. The Labute approximate surface area is 92.7 Å². The predicted octanol–water partition coefficient (Wildman–Crippen LogP) is 1.62. The Kier molecular flexibility index (Phi) is 6.17. The van der Waals surface area contributed by atoms with E-state index in [1.165, 1.54) is 0 Å². The molecule has 0 aliphatic heterocycles.